The lowest BCUT2D eigenvalue weighted by molar-refractivity contribution is 0.0751. The Kier molecular flexibility index (Phi) is 3.74. The number of carbonyl (C=O) groups is 1. The summed E-state index contributed by atoms with van der Waals surface area (Å²) in [6.45, 7) is 0.783. The number of aromatic nitrogens is 1. The molecule has 0 bridgehead atoms. The Morgan fingerprint density at radius 1 is 1.44 bits per heavy atom. The fourth-order valence-corrected chi connectivity index (χ4v) is 1.63. The van der Waals surface area contributed by atoms with Crippen molar-refractivity contribution in [1.29, 1.82) is 0 Å². The smallest absolute Gasteiger partial charge is 0.289 e. The predicted octanol–water partition coefficient (Wildman–Crippen LogP) is 1.41. The minimum atomic E-state index is -0.168. The first-order valence-corrected chi connectivity index (χ1v) is 5.64. The van der Waals surface area contributed by atoms with Gasteiger partial charge in [0.05, 0.1) is 6.54 Å². The number of pyridine rings is 1. The zero-order valence-electron chi connectivity index (χ0n) is 10.2. The molecular weight excluding hydrogens is 230 g/mol. The van der Waals surface area contributed by atoms with E-state index in [2.05, 4.69) is 4.98 Å². The number of nitrogens with zero attached hydrogens (tertiary/aromatic N) is 2. The van der Waals surface area contributed by atoms with Crippen molar-refractivity contribution in [2.24, 2.45) is 5.73 Å². The van der Waals surface area contributed by atoms with Crippen molar-refractivity contribution < 1.29 is 9.21 Å². The third-order valence-corrected chi connectivity index (χ3v) is 2.56. The van der Waals surface area contributed by atoms with Crippen LogP contribution in [0, 0.1) is 0 Å². The van der Waals surface area contributed by atoms with Gasteiger partial charge in [0.25, 0.3) is 5.91 Å². The van der Waals surface area contributed by atoms with E-state index < -0.39 is 0 Å². The van der Waals surface area contributed by atoms with Crippen molar-refractivity contribution >= 4 is 5.91 Å². The largest absolute Gasteiger partial charge is 0.455 e. The van der Waals surface area contributed by atoms with Crippen LogP contribution in [0.1, 0.15) is 21.9 Å². The van der Waals surface area contributed by atoms with E-state index in [9.17, 15) is 4.79 Å². The Labute approximate surface area is 105 Å². The number of hydrogen-bond donors (Lipinski definition) is 1. The van der Waals surface area contributed by atoms with Gasteiger partial charge in [0.15, 0.2) is 5.76 Å². The van der Waals surface area contributed by atoms with Gasteiger partial charge in [-0.2, -0.15) is 0 Å². The monoisotopic (exact) mass is 245 g/mol. The second kappa shape index (κ2) is 5.46. The normalized spacial score (nSPS) is 10.3. The lowest BCUT2D eigenvalue weighted by atomic mass is 10.2. The van der Waals surface area contributed by atoms with Gasteiger partial charge in [-0.25, -0.2) is 0 Å². The first-order valence-electron chi connectivity index (χ1n) is 5.64. The molecule has 0 aliphatic carbocycles. The molecular formula is C13H15N3O2. The zero-order valence-corrected chi connectivity index (χ0v) is 10.2. The number of rotatable bonds is 4. The third-order valence-electron chi connectivity index (χ3n) is 2.56. The topological polar surface area (TPSA) is 72.4 Å². The molecule has 0 spiro atoms. The van der Waals surface area contributed by atoms with Gasteiger partial charge < -0.3 is 15.1 Å². The van der Waals surface area contributed by atoms with Gasteiger partial charge in [-0.15, -0.1) is 0 Å². The van der Waals surface area contributed by atoms with E-state index in [0.29, 0.717) is 24.6 Å². The van der Waals surface area contributed by atoms with Crippen LogP contribution >= 0.6 is 0 Å². The number of carbonyl (C=O) groups excluding carboxylic acids is 1. The number of hydrogen-bond acceptors (Lipinski definition) is 4. The van der Waals surface area contributed by atoms with Gasteiger partial charge in [0.1, 0.15) is 5.76 Å². The second-order valence-corrected chi connectivity index (χ2v) is 3.99. The molecule has 0 aliphatic heterocycles. The molecule has 18 heavy (non-hydrogen) atoms. The number of amides is 1. The van der Waals surface area contributed by atoms with Gasteiger partial charge in [0, 0.05) is 26.0 Å². The van der Waals surface area contributed by atoms with Crippen LogP contribution in [0.3, 0.4) is 0 Å². The summed E-state index contributed by atoms with van der Waals surface area (Å²) in [5.41, 5.74) is 6.41. The van der Waals surface area contributed by atoms with Crippen molar-refractivity contribution in [3.8, 4) is 0 Å². The van der Waals surface area contributed by atoms with E-state index in [4.69, 9.17) is 10.2 Å². The lowest BCUT2D eigenvalue weighted by Gasteiger charge is -2.15. The fourth-order valence-electron chi connectivity index (χ4n) is 1.63. The standard InChI is InChI=1S/C13H15N3O2/c1-16(9-10-3-2-6-15-8-10)13(17)12-5-4-11(7-14)18-12/h2-6,8H,7,9,14H2,1H3. The predicted molar refractivity (Wildman–Crippen MR) is 66.6 cm³/mol. The summed E-state index contributed by atoms with van der Waals surface area (Å²) in [4.78, 5) is 17.6. The lowest BCUT2D eigenvalue weighted by Crippen LogP contribution is -2.25. The third kappa shape index (κ3) is 2.75. The van der Waals surface area contributed by atoms with Gasteiger partial charge >= 0.3 is 0 Å². The van der Waals surface area contributed by atoms with E-state index in [1.807, 2.05) is 12.1 Å². The van der Waals surface area contributed by atoms with Crippen LogP contribution in [0.25, 0.3) is 0 Å². The summed E-state index contributed by atoms with van der Waals surface area (Å²) < 4.78 is 5.32. The molecule has 1 amide bonds. The molecule has 0 saturated carbocycles. The summed E-state index contributed by atoms with van der Waals surface area (Å²) in [5, 5.41) is 0. The van der Waals surface area contributed by atoms with Crippen molar-refractivity contribution in [1.82, 2.24) is 9.88 Å². The average molecular weight is 245 g/mol. The Bertz CT molecular complexity index is 522. The number of furan rings is 1. The van der Waals surface area contributed by atoms with Crippen LogP contribution in [0.15, 0.2) is 41.1 Å². The van der Waals surface area contributed by atoms with Gasteiger partial charge in [0.2, 0.25) is 0 Å². The van der Waals surface area contributed by atoms with Crippen LogP contribution in [-0.2, 0) is 13.1 Å². The van der Waals surface area contributed by atoms with Crippen LogP contribution in [-0.4, -0.2) is 22.8 Å². The molecule has 5 nitrogen and oxygen atoms in total. The minimum Gasteiger partial charge on any atom is -0.455 e. The average Bonchev–Trinajstić information content (AvgIpc) is 2.87. The molecule has 2 rings (SSSR count). The highest BCUT2D eigenvalue weighted by atomic mass is 16.4. The summed E-state index contributed by atoms with van der Waals surface area (Å²) in [5.74, 6) is 0.744. The molecule has 0 unspecified atom stereocenters. The number of nitrogens with two attached hydrogens (primary N) is 1. The quantitative estimate of drug-likeness (QED) is 0.883. The van der Waals surface area contributed by atoms with Gasteiger partial charge in [-0.1, -0.05) is 6.07 Å². The Hall–Kier alpha value is -2.14. The molecule has 2 aromatic rings. The van der Waals surface area contributed by atoms with Crippen molar-refractivity contribution in [3.05, 3.63) is 53.7 Å². The van der Waals surface area contributed by atoms with Gasteiger partial charge in [-0.05, 0) is 23.8 Å². The molecule has 0 saturated heterocycles. The molecule has 0 fully saturated rings. The molecule has 0 aliphatic rings. The summed E-state index contributed by atoms with van der Waals surface area (Å²) in [7, 11) is 1.72. The van der Waals surface area contributed by atoms with E-state index >= 15 is 0 Å². The Morgan fingerprint density at radius 2 is 2.28 bits per heavy atom. The molecule has 2 aromatic heterocycles. The highest BCUT2D eigenvalue weighted by Gasteiger charge is 2.15. The van der Waals surface area contributed by atoms with E-state index in [-0.39, 0.29) is 5.91 Å². The Balaban J connectivity index is 2.05. The highest BCUT2D eigenvalue weighted by Crippen LogP contribution is 2.11. The van der Waals surface area contributed by atoms with Crippen molar-refractivity contribution in [2.75, 3.05) is 7.05 Å². The molecule has 5 heteroatoms. The fraction of sp³-hybridized carbons (Fsp3) is 0.231. The molecule has 0 aromatic carbocycles. The van der Waals surface area contributed by atoms with E-state index in [0.717, 1.165) is 5.56 Å². The molecule has 0 atom stereocenters. The second-order valence-electron chi connectivity index (χ2n) is 3.99. The van der Waals surface area contributed by atoms with Crippen molar-refractivity contribution in [2.45, 2.75) is 13.1 Å². The van der Waals surface area contributed by atoms with Gasteiger partial charge in [-0.3, -0.25) is 9.78 Å². The Morgan fingerprint density at radius 3 is 2.89 bits per heavy atom. The molecule has 2 N–H and O–H groups in total. The van der Waals surface area contributed by atoms with Crippen LogP contribution in [0.4, 0.5) is 0 Å². The first-order chi connectivity index (χ1) is 8.70. The van der Waals surface area contributed by atoms with Crippen LogP contribution in [0.5, 0.6) is 0 Å². The summed E-state index contributed by atoms with van der Waals surface area (Å²) in [6.07, 6.45) is 3.43. The SMILES string of the molecule is CN(Cc1cccnc1)C(=O)c1ccc(CN)o1. The molecule has 0 radical (unpaired) electrons. The van der Waals surface area contributed by atoms with Crippen LogP contribution in [0.2, 0.25) is 0 Å². The minimum absolute atomic E-state index is 0.168. The maximum absolute atomic E-state index is 12.0. The molecule has 94 valence electrons. The maximum atomic E-state index is 12.0. The first kappa shape index (κ1) is 12.3. The summed E-state index contributed by atoms with van der Waals surface area (Å²) >= 11 is 0. The zero-order chi connectivity index (χ0) is 13.0. The van der Waals surface area contributed by atoms with Crippen molar-refractivity contribution in [3.63, 3.8) is 0 Å². The van der Waals surface area contributed by atoms with E-state index in [1.54, 1.807) is 36.5 Å². The van der Waals surface area contributed by atoms with E-state index in [1.165, 1.54) is 0 Å². The molecule has 2 heterocycles. The summed E-state index contributed by atoms with van der Waals surface area (Å²) in [6, 6.07) is 7.12. The van der Waals surface area contributed by atoms with Crippen LogP contribution < -0.4 is 5.73 Å². The highest BCUT2D eigenvalue weighted by molar-refractivity contribution is 5.91. The maximum Gasteiger partial charge on any atom is 0.289 e.